The third kappa shape index (κ3) is 1.59. The first-order valence-electron chi connectivity index (χ1n) is 5.46. The van der Waals surface area contributed by atoms with Gasteiger partial charge in [0.15, 0.2) is 21.3 Å². The van der Waals surface area contributed by atoms with E-state index in [1.54, 1.807) is 6.07 Å². The number of hydrogen-bond donors (Lipinski definition) is 1. The van der Waals surface area contributed by atoms with Crippen LogP contribution in [0, 0.1) is 0 Å². The predicted molar refractivity (Wildman–Crippen MR) is 60.8 cm³/mol. The van der Waals surface area contributed by atoms with Crippen molar-refractivity contribution in [3.8, 4) is 11.5 Å². The second-order valence-corrected chi connectivity index (χ2v) is 6.67. The van der Waals surface area contributed by atoms with E-state index in [4.69, 9.17) is 15.2 Å². The van der Waals surface area contributed by atoms with Crippen molar-refractivity contribution in [3.05, 3.63) is 18.2 Å². The van der Waals surface area contributed by atoms with Gasteiger partial charge in [0.1, 0.15) is 18.1 Å². The second-order valence-electron chi connectivity index (χ2n) is 4.37. The Balaban J connectivity index is 2.05. The molecule has 0 atom stereocenters. The van der Waals surface area contributed by atoms with E-state index in [0.717, 1.165) is 0 Å². The van der Waals surface area contributed by atoms with Gasteiger partial charge in [0.2, 0.25) is 0 Å². The molecule has 1 aliphatic heterocycles. The minimum Gasteiger partial charge on any atom is -0.486 e. The van der Waals surface area contributed by atoms with E-state index < -0.39 is 14.7 Å². The Labute approximate surface area is 99.4 Å². The third-order valence-corrected chi connectivity index (χ3v) is 5.46. The summed E-state index contributed by atoms with van der Waals surface area (Å²) in [7, 11) is -3.46. The van der Waals surface area contributed by atoms with E-state index >= 15 is 0 Å². The quantitative estimate of drug-likeness (QED) is 0.840. The van der Waals surface area contributed by atoms with Gasteiger partial charge in [0.25, 0.3) is 0 Å². The molecule has 1 heterocycles. The number of nitrogens with two attached hydrogens (primary N) is 1. The standard InChI is InChI=1S/C11H13NO4S/c12-11(3-4-11)17(13,14)8-1-2-9-10(7-8)16-6-5-15-9/h1-2,7H,3-6,12H2. The third-order valence-electron chi connectivity index (χ3n) is 3.10. The lowest BCUT2D eigenvalue weighted by molar-refractivity contribution is 0.171. The fourth-order valence-electron chi connectivity index (χ4n) is 1.82. The average Bonchev–Trinajstić information content (AvgIpc) is 3.08. The first-order chi connectivity index (χ1) is 8.03. The first-order valence-corrected chi connectivity index (χ1v) is 6.94. The Bertz CT molecular complexity index is 563. The fourth-order valence-corrected chi connectivity index (χ4v) is 3.44. The van der Waals surface area contributed by atoms with Crippen molar-refractivity contribution in [1.82, 2.24) is 0 Å². The molecule has 1 aromatic carbocycles. The molecule has 3 rings (SSSR count). The Morgan fingerprint density at radius 2 is 1.76 bits per heavy atom. The van der Waals surface area contributed by atoms with Crippen LogP contribution in [-0.2, 0) is 9.84 Å². The van der Waals surface area contributed by atoms with Crippen molar-refractivity contribution in [2.45, 2.75) is 22.6 Å². The highest BCUT2D eigenvalue weighted by molar-refractivity contribution is 7.93. The highest BCUT2D eigenvalue weighted by Crippen LogP contribution is 2.43. The summed E-state index contributed by atoms with van der Waals surface area (Å²) in [6, 6.07) is 4.64. The smallest absolute Gasteiger partial charge is 0.197 e. The summed E-state index contributed by atoms with van der Waals surface area (Å²) in [5.74, 6) is 1.05. The Morgan fingerprint density at radius 1 is 1.12 bits per heavy atom. The van der Waals surface area contributed by atoms with E-state index in [2.05, 4.69) is 0 Å². The zero-order chi connectivity index (χ0) is 12.1. The van der Waals surface area contributed by atoms with Crippen LogP contribution in [0.1, 0.15) is 12.8 Å². The molecule has 0 saturated heterocycles. The SMILES string of the molecule is NC1(S(=O)(=O)c2ccc3c(c2)OCCO3)CC1. The van der Waals surface area contributed by atoms with Crippen LogP contribution in [0.15, 0.2) is 23.1 Å². The molecule has 0 spiro atoms. The molecule has 0 amide bonds. The Morgan fingerprint density at radius 3 is 2.41 bits per heavy atom. The van der Waals surface area contributed by atoms with Gasteiger partial charge in [-0.05, 0) is 25.0 Å². The Hall–Kier alpha value is -1.27. The number of ether oxygens (including phenoxy) is 2. The number of sulfone groups is 1. The summed E-state index contributed by atoms with van der Waals surface area (Å²) in [6.07, 6.45) is 1.04. The molecule has 1 aliphatic carbocycles. The molecule has 0 radical (unpaired) electrons. The zero-order valence-electron chi connectivity index (χ0n) is 9.18. The molecule has 2 aliphatic rings. The molecule has 1 saturated carbocycles. The predicted octanol–water partition coefficient (Wildman–Crippen LogP) is 0.680. The van der Waals surface area contributed by atoms with E-state index in [9.17, 15) is 8.42 Å². The number of fused-ring (bicyclic) bond motifs is 1. The monoisotopic (exact) mass is 255 g/mol. The molecule has 2 N–H and O–H groups in total. The minimum absolute atomic E-state index is 0.210. The van der Waals surface area contributed by atoms with Gasteiger partial charge in [0.05, 0.1) is 4.90 Å². The van der Waals surface area contributed by atoms with Crippen molar-refractivity contribution < 1.29 is 17.9 Å². The van der Waals surface area contributed by atoms with Gasteiger partial charge in [0, 0.05) is 6.07 Å². The van der Waals surface area contributed by atoms with E-state index in [0.29, 0.717) is 37.6 Å². The van der Waals surface area contributed by atoms with Gasteiger partial charge in [-0.15, -0.1) is 0 Å². The molecular weight excluding hydrogens is 242 g/mol. The number of rotatable bonds is 2. The topological polar surface area (TPSA) is 78.6 Å². The fraction of sp³-hybridized carbons (Fsp3) is 0.455. The molecule has 92 valence electrons. The maximum Gasteiger partial charge on any atom is 0.197 e. The van der Waals surface area contributed by atoms with Crippen LogP contribution in [0.5, 0.6) is 11.5 Å². The van der Waals surface area contributed by atoms with Crippen LogP contribution >= 0.6 is 0 Å². The van der Waals surface area contributed by atoms with Crippen LogP contribution in [0.4, 0.5) is 0 Å². The van der Waals surface area contributed by atoms with Gasteiger partial charge >= 0.3 is 0 Å². The molecular formula is C11H13NO4S. The van der Waals surface area contributed by atoms with E-state index in [1.165, 1.54) is 12.1 Å². The summed E-state index contributed by atoms with van der Waals surface area (Å²) in [4.78, 5) is -0.863. The highest BCUT2D eigenvalue weighted by atomic mass is 32.2. The molecule has 1 aromatic rings. The lowest BCUT2D eigenvalue weighted by atomic mass is 10.3. The van der Waals surface area contributed by atoms with Crippen LogP contribution in [0.3, 0.4) is 0 Å². The zero-order valence-corrected chi connectivity index (χ0v) is 10.00. The van der Waals surface area contributed by atoms with Gasteiger partial charge < -0.3 is 15.2 Å². The molecule has 5 nitrogen and oxygen atoms in total. The van der Waals surface area contributed by atoms with Crippen LogP contribution in [0.25, 0.3) is 0 Å². The minimum atomic E-state index is -3.46. The van der Waals surface area contributed by atoms with Crippen molar-refractivity contribution in [2.24, 2.45) is 5.73 Å². The molecule has 0 bridgehead atoms. The summed E-state index contributed by atoms with van der Waals surface area (Å²) in [5, 5.41) is 0. The first kappa shape index (κ1) is 10.9. The van der Waals surface area contributed by atoms with Crippen LogP contribution in [-0.4, -0.2) is 26.5 Å². The molecule has 6 heteroatoms. The van der Waals surface area contributed by atoms with Gasteiger partial charge in [-0.25, -0.2) is 8.42 Å². The number of benzene rings is 1. The molecule has 0 unspecified atom stereocenters. The Kier molecular flexibility index (Phi) is 2.15. The second kappa shape index (κ2) is 3.36. The van der Waals surface area contributed by atoms with Gasteiger partial charge in [-0.3, -0.25) is 0 Å². The average molecular weight is 255 g/mol. The van der Waals surface area contributed by atoms with E-state index in [-0.39, 0.29) is 4.90 Å². The highest BCUT2D eigenvalue weighted by Gasteiger charge is 2.51. The molecule has 0 aromatic heterocycles. The van der Waals surface area contributed by atoms with E-state index in [1.807, 2.05) is 0 Å². The maximum atomic E-state index is 12.2. The molecule has 1 fully saturated rings. The number of hydrogen-bond acceptors (Lipinski definition) is 5. The largest absolute Gasteiger partial charge is 0.486 e. The van der Waals surface area contributed by atoms with Crippen molar-refractivity contribution in [2.75, 3.05) is 13.2 Å². The van der Waals surface area contributed by atoms with Crippen molar-refractivity contribution >= 4 is 9.84 Å². The molecule has 17 heavy (non-hydrogen) atoms. The normalized spacial score (nSPS) is 21.0. The summed E-state index contributed by atoms with van der Waals surface area (Å²) in [6.45, 7) is 0.921. The maximum absolute atomic E-state index is 12.2. The lowest BCUT2D eigenvalue weighted by Gasteiger charge is -2.19. The summed E-state index contributed by atoms with van der Waals surface area (Å²) >= 11 is 0. The summed E-state index contributed by atoms with van der Waals surface area (Å²) in [5.41, 5.74) is 5.77. The van der Waals surface area contributed by atoms with Crippen molar-refractivity contribution in [1.29, 1.82) is 0 Å². The van der Waals surface area contributed by atoms with Crippen LogP contribution < -0.4 is 15.2 Å². The van der Waals surface area contributed by atoms with Crippen molar-refractivity contribution in [3.63, 3.8) is 0 Å². The lowest BCUT2D eigenvalue weighted by Crippen LogP contribution is -2.32. The van der Waals surface area contributed by atoms with Gasteiger partial charge in [-0.2, -0.15) is 0 Å². The van der Waals surface area contributed by atoms with Gasteiger partial charge in [-0.1, -0.05) is 0 Å². The van der Waals surface area contributed by atoms with Crippen LogP contribution in [0.2, 0.25) is 0 Å². The summed E-state index contributed by atoms with van der Waals surface area (Å²) < 4.78 is 35.1.